The van der Waals surface area contributed by atoms with Crippen molar-refractivity contribution < 1.29 is 14.3 Å². The van der Waals surface area contributed by atoms with Crippen LogP contribution in [0.3, 0.4) is 0 Å². The number of anilines is 1. The fourth-order valence-electron chi connectivity index (χ4n) is 1.30. The molecule has 7 heteroatoms. The van der Waals surface area contributed by atoms with E-state index < -0.39 is 5.97 Å². The standard InChI is InChI=1S/C10H11N3O3S/c1-5-3-11-7(16-5)4-12-10-13-6(2)8(17-10)9(14)15/h3H,4H2,1-2H3,(H,12,13)(H,14,15). The molecule has 0 radical (unpaired) electrons. The third-order valence-electron chi connectivity index (χ3n) is 2.05. The number of aromatic nitrogens is 2. The number of nitrogens with zero attached hydrogens (tertiary/aromatic N) is 2. The van der Waals surface area contributed by atoms with E-state index in [2.05, 4.69) is 15.3 Å². The van der Waals surface area contributed by atoms with E-state index >= 15 is 0 Å². The molecule has 0 amide bonds. The minimum Gasteiger partial charge on any atom is -0.477 e. The number of rotatable bonds is 4. The van der Waals surface area contributed by atoms with Crippen LogP contribution in [0.2, 0.25) is 0 Å². The predicted octanol–water partition coefficient (Wildman–Crippen LogP) is 2.06. The van der Waals surface area contributed by atoms with Crippen molar-refractivity contribution in [1.29, 1.82) is 0 Å². The molecule has 2 aromatic heterocycles. The zero-order chi connectivity index (χ0) is 12.4. The van der Waals surface area contributed by atoms with Crippen LogP contribution in [0.15, 0.2) is 10.6 Å². The number of nitrogens with one attached hydrogen (secondary N) is 1. The fourth-order valence-corrected chi connectivity index (χ4v) is 2.11. The number of carboxylic acid groups (broad SMARTS) is 1. The Hall–Kier alpha value is -1.89. The monoisotopic (exact) mass is 253 g/mol. The summed E-state index contributed by atoms with van der Waals surface area (Å²) in [5.41, 5.74) is 0.508. The van der Waals surface area contributed by atoms with Crippen molar-refractivity contribution >= 4 is 22.4 Å². The Kier molecular flexibility index (Phi) is 3.10. The first-order valence-corrected chi connectivity index (χ1v) is 5.74. The maximum Gasteiger partial charge on any atom is 0.347 e. The van der Waals surface area contributed by atoms with Crippen molar-refractivity contribution in [3.05, 3.63) is 28.4 Å². The second-order valence-corrected chi connectivity index (χ2v) is 4.46. The van der Waals surface area contributed by atoms with Gasteiger partial charge in [-0.2, -0.15) is 0 Å². The van der Waals surface area contributed by atoms with Crippen molar-refractivity contribution in [3.63, 3.8) is 0 Å². The first kappa shape index (κ1) is 11.6. The average Bonchev–Trinajstić information content (AvgIpc) is 2.82. The van der Waals surface area contributed by atoms with E-state index in [1.54, 1.807) is 13.1 Å². The van der Waals surface area contributed by atoms with E-state index in [0.717, 1.165) is 17.1 Å². The molecule has 0 spiro atoms. The minimum atomic E-state index is -0.958. The summed E-state index contributed by atoms with van der Waals surface area (Å²) in [6.45, 7) is 3.87. The molecule has 2 aromatic rings. The van der Waals surface area contributed by atoms with Crippen LogP contribution in [0.5, 0.6) is 0 Å². The number of aryl methyl sites for hydroxylation is 2. The highest BCUT2D eigenvalue weighted by atomic mass is 32.1. The van der Waals surface area contributed by atoms with Gasteiger partial charge >= 0.3 is 5.97 Å². The van der Waals surface area contributed by atoms with Crippen LogP contribution in [-0.2, 0) is 6.54 Å². The molecule has 0 aliphatic rings. The number of carboxylic acids is 1. The second kappa shape index (κ2) is 4.54. The van der Waals surface area contributed by atoms with Gasteiger partial charge in [0, 0.05) is 0 Å². The lowest BCUT2D eigenvalue weighted by Gasteiger charge is -1.96. The van der Waals surface area contributed by atoms with Gasteiger partial charge in [-0.1, -0.05) is 11.3 Å². The predicted molar refractivity (Wildman–Crippen MR) is 62.4 cm³/mol. The highest BCUT2D eigenvalue weighted by molar-refractivity contribution is 7.17. The normalized spacial score (nSPS) is 10.5. The van der Waals surface area contributed by atoms with Gasteiger partial charge in [-0.05, 0) is 13.8 Å². The third-order valence-corrected chi connectivity index (χ3v) is 3.15. The first-order chi connectivity index (χ1) is 8.06. The van der Waals surface area contributed by atoms with Crippen LogP contribution < -0.4 is 5.32 Å². The third kappa shape index (κ3) is 2.62. The maximum atomic E-state index is 10.8. The number of carbonyl (C=O) groups is 1. The Morgan fingerprint density at radius 3 is 2.88 bits per heavy atom. The summed E-state index contributed by atoms with van der Waals surface area (Å²) in [7, 11) is 0. The SMILES string of the molecule is Cc1cnc(CNc2nc(C)c(C(=O)O)s2)o1. The van der Waals surface area contributed by atoms with E-state index in [4.69, 9.17) is 9.52 Å². The largest absolute Gasteiger partial charge is 0.477 e. The highest BCUT2D eigenvalue weighted by Gasteiger charge is 2.13. The van der Waals surface area contributed by atoms with Gasteiger partial charge in [0.15, 0.2) is 5.13 Å². The highest BCUT2D eigenvalue weighted by Crippen LogP contribution is 2.22. The quantitative estimate of drug-likeness (QED) is 0.867. The Morgan fingerprint density at radius 1 is 1.59 bits per heavy atom. The van der Waals surface area contributed by atoms with Gasteiger partial charge in [-0.15, -0.1) is 0 Å². The number of hydrogen-bond donors (Lipinski definition) is 2. The smallest absolute Gasteiger partial charge is 0.347 e. The van der Waals surface area contributed by atoms with Crippen LogP contribution in [0, 0.1) is 13.8 Å². The van der Waals surface area contributed by atoms with Crippen molar-refractivity contribution in [1.82, 2.24) is 9.97 Å². The molecule has 2 N–H and O–H groups in total. The summed E-state index contributed by atoms with van der Waals surface area (Å²) in [6.07, 6.45) is 1.63. The molecule has 0 aromatic carbocycles. The number of hydrogen-bond acceptors (Lipinski definition) is 6. The maximum absolute atomic E-state index is 10.8. The number of thiazole rings is 1. The molecule has 0 fully saturated rings. The molecule has 2 rings (SSSR count). The van der Waals surface area contributed by atoms with Crippen LogP contribution in [0.25, 0.3) is 0 Å². The van der Waals surface area contributed by atoms with Gasteiger partial charge in [0.25, 0.3) is 0 Å². The van der Waals surface area contributed by atoms with Crippen LogP contribution in [0.1, 0.15) is 27.0 Å². The Labute approximate surface area is 101 Å². The molecule has 0 saturated heterocycles. The van der Waals surface area contributed by atoms with Gasteiger partial charge in [0.05, 0.1) is 18.4 Å². The second-order valence-electron chi connectivity index (χ2n) is 3.46. The molecule has 17 heavy (non-hydrogen) atoms. The summed E-state index contributed by atoms with van der Waals surface area (Å²) in [5.74, 6) is 0.329. The Bertz CT molecular complexity index is 547. The zero-order valence-corrected chi connectivity index (χ0v) is 10.2. The van der Waals surface area contributed by atoms with Gasteiger partial charge < -0.3 is 14.8 Å². The molecule has 0 saturated carbocycles. The summed E-state index contributed by atoms with van der Waals surface area (Å²) in [6, 6.07) is 0. The summed E-state index contributed by atoms with van der Waals surface area (Å²) in [4.78, 5) is 19.2. The summed E-state index contributed by atoms with van der Waals surface area (Å²) < 4.78 is 5.28. The van der Waals surface area contributed by atoms with Gasteiger partial charge in [-0.25, -0.2) is 14.8 Å². The van der Waals surface area contributed by atoms with E-state index in [-0.39, 0.29) is 4.88 Å². The average molecular weight is 253 g/mol. The van der Waals surface area contributed by atoms with Crippen molar-refractivity contribution in [3.8, 4) is 0 Å². The molecule has 0 atom stereocenters. The molecular formula is C10H11N3O3S. The molecule has 90 valence electrons. The molecule has 0 bridgehead atoms. The summed E-state index contributed by atoms with van der Waals surface area (Å²) >= 11 is 1.10. The molecule has 0 aliphatic heterocycles. The van der Waals surface area contributed by atoms with Gasteiger partial charge in [0.1, 0.15) is 10.6 Å². The Morgan fingerprint density at radius 2 is 2.35 bits per heavy atom. The van der Waals surface area contributed by atoms with Gasteiger partial charge in [0.2, 0.25) is 5.89 Å². The topological polar surface area (TPSA) is 88.2 Å². The molecule has 2 heterocycles. The lowest BCUT2D eigenvalue weighted by Crippen LogP contribution is -1.98. The number of oxazole rings is 1. The lowest BCUT2D eigenvalue weighted by molar-refractivity contribution is 0.0701. The van der Waals surface area contributed by atoms with E-state index in [9.17, 15) is 4.79 Å². The van der Waals surface area contributed by atoms with E-state index in [1.807, 2.05) is 6.92 Å². The van der Waals surface area contributed by atoms with E-state index in [0.29, 0.717) is 23.3 Å². The van der Waals surface area contributed by atoms with E-state index in [1.165, 1.54) is 0 Å². The van der Waals surface area contributed by atoms with Crippen LogP contribution in [-0.4, -0.2) is 21.0 Å². The fraction of sp³-hybridized carbons (Fsp3) is 0.300. The lowest BCUT2D eigenvalue weighted by atomic mass is 10.4. The molecular weight excluding hydrogens is 242 g/mol. The van der Waals surface area contributed by atoms with Crippen molar-refractivity contribution in [2.75, 3.05) is 5.32 Å². The minimum absolute atomic E-state index is 0.246. The first-order valence-electron chi connectivity index (χ1n) is 4.92. The summed E-state index contributed by atoms with van der Waals surface area (Å²) in [5, 5.41) is 12.4. The molecule has 0 unspecified atom stereocenters. The molecule has 0 aliphatic carbocycles. The van der Waals surface area contributed by atoms with Gasteiger partial charge in [-0.3, -0.25) is 0 Å². The molecule has 6 nitrogen and oxygen atoms in total. The van der Waals surface area contributed by atoms with Crippen molar-refractivity contribution in [2.24, 2.45) is 0 Å². The Balaban J connectivity index is 2.04. The van der Waals surface area contributed by atoms with Crippen LogP contribution in [0.4, 0.5) is 5.13 Å². The number of aromatic carboxylic acids is 1. The van der Waals surface area contributed by atoms with Crippen LogP contribution >= 0.6 is 11.3 Å². The zero-order valence-electron chi connectivity index (χ0n) is 9.35. The van der Waals surface area contributed by atoms with Crippen molar-refractivity contribution in [2.45, 2.75) is 20.4 Å².